The van der Waals surface area contributed by atoms with Gasteiger partial charge in [0.1, 0.15) is 0 Å². The van der Waals surface area contributed by atoms with E-state index >= 15 is 0 Å². The summed E-state index contributed by atoms with van der Waals surface area (Å²) in [5.41, 5.74) is 4.20. The Morgan fingerprint density at radius 3 is 2.47 bits per heavy atom. The highest BCUT2D eigenvalue weighted by Gasteiger charge is 2.19. The summed E-state index contributed by atoms with van der Waals surface area (Å²) in [7, 11) is 0. The quantitative estimate of drug-likeness (QED) is 0.744. The van der Waals surface area contributed by atoms with Crippen LogP contribution in [0.4, 0.5) is 0 Å². The van der Waals surface area contributed by atoms with Crippen LogP contribution >= 0.6 is 15.9 Å². The molecule has 0 amide bonds. The normalized spacial score (nSPS) is 22.2. The van der Waals surface area contributed by atoms with E-state index < -0.39 is 0 Å². The molecule has 2 rings (SSSR count). The molecule has 1 atom stereocenters. The van der Waals surface area contributed by atoms with Crippen LogP contribution in [-0.2, 0) is 6.54 Å². The van der Waals surface area contributed by atoms with E-state index in [1.54, 1.807) is 0 Å². The molecule has 1 nitrogen and oxygen atoms in total. The highest BCUT2D eigenvalue weighted by atomic mass is 79.9. The Labute approximate surface area is 101 Å². The SMILES string of the molecule is Cc1cc(C)cc(CN2CCC(Br)C2)c1. The number of aryl methyl sites for hydroxylation is 2. The lowest BCUT2D eigenvalue weighted by Crippen LogP contribution is -2.20. The van der Waals surface area contributed by atoms with E-state index in [-0.39, 0.29) is 0 Å². The standard InChI is InChI=1S/C13H18BrN/c1-10-5-11(2)7-12(6-10)8-15-4-3-13(14)9-15/h5-7,13H,3-4,8-9H2,1-2H3. The molecule has 1 aliphatic rings. The Bertz CT molecular complexity index is 328. The molecule has 0 N–H and O–H groups in total. The van der Waals surface area contributed by atoms with Crippen molar-refractivity contribution in [2.75, 3.05) is 13.1 Å². The van der Waals surface area contributed by atoms with Gasteiger partial charge in [0.05, 0.1) is 0 Å². The number of halogens is 1. The maximum absolute atomic E-state index is 3.68. The fraction of sp³-hybridized carbons (Fsp3) is 0.538. The molecule has 1 aromatic carbocycles. The van der Waals surface area contributed by atoms with Crippen molar-refractivity contribution in [2.45, 2.75) is 31.6 Å². The molecule has 1 aliphatic heterocycles. The minimum atomic E-state index is 0.698. The first-order chi connectivity index (χ1) is 7.13. The van der Waals surface area contributed by atoms with Crippen molar-refractivity contribution < 1.29 is 0 Å². The van der Waals surface area contributed by atoms with Gasteiger partial charge in [-0.25, -0.2) is 0 Å². The van der Waals surface area contributed by atoms with Crippen molar-refractivity contribution >= 4 is 15.9 Å². The summed E-state index contributed by atoms with van der Waals surface area (Å²) < 4.78 is 0. The summed E-state index contributed by atoms with van der Waals surface area (Å²) in [5, 5.41) is 0. The zero-order chi connectivity index (χ0) is 10.8. The van der Waals surface area contributed by atoms with Crippen LogP contribution in [0.2, 0.25) is 0 Å². The fourth-order valence-electron chi connectivity index (χ4n) is 2.35. The lowest BCUT2D eigenvalue weighted by atomic mass is 10.1. The van der Waals surface area contributed by atoms with Gasteiger partial charge in [0.2, 0.25) is 0 Å². The molecule has 0 saturated carbocycles. The second kappa shape index (κ2) is 4.67. The molecule has 1 aromatic rings. The summed E-state index contributed by atoms with van der Waals surface area (Å²) in [6.07, 6.45) is 1.28. The van der Waals surface area contributed by atoms with Gasteiger partial charge >= 0.3 is 0 Å². The zero-order valence-corrected chi connectivity index (χ0v) is 11.0. The van der Waals surface area contributed by atoms with Crippen LogP contribution in [0.25, 0.3) is 0 Å². The van der Waals surface area contributed by atoms with Crippen molar-refractivity contribution in [3.8, 4) is 0 Å². The second-order valence-electron chi connectivity index (χ2n) is 4.62. The van der Waals surface area contributed by atoms with Gasteiger partial charge in [0.25, 0.3) is 0 Å². The Balaban J connectivity index is 2.04. The van der Waals surface area contributed by atoms with Gasteiger partial charge in [-0.3, -0.25) is 4.90 Å². The van der Waals surface area contributed by atoms with Gasteiger partial charge < -0.3 is 0 Å². The van der Waals surface area contributed by atoms with Crippen molar-refractivity contribution in [3.05, 3.63) is 34.9 Å². The van der Waals surface area contributed by atoms with Crippen LogP contribution in [0.1, 0.15) is 23.1 Å². The predicted molar refractivity (Wildman–Crippen MR) is 68.5 cm³/mol. The lowest BCUT2D eigenvalue weighted by Gasteiger charge is -2.15. The molecule has 1 saturated heterocycles. The molecule has 1 fully saturated rings. The summed E-state index contributed by atoms with van der Waals surface area (Å²) in [6, 6.07) is 6.84. The van der Waals surface area contributed by atoms with Crippen molar-refractivity contribution in [1.82, 2.24) is 4.90 Å². The minimum absolute atomic E-state index is 0.698. The Morgan fingerprint density at radius 1 is 1.27 bits per heavy atom. The summed E-state index contributed by atoms with van der Waals surface area (Å²) in [5.74, 6) is 0. The third kappa shape index (κ3) is 3.05. The number of alkyl halides is 1. The molecule has 2 heteroatoms. The first kappa shape index (κ1) is 11.2. The molecule has 1 heterocycles. The number of hydrogen-bond acceptors (Lipinski definition) is 1. The maximum atomic E-state index is 3.68. The van der Waals surface area contributed by atoms with E-state index in [2.05, 4.69) is 52.9 Å². The second-order valence-corrected chi connectivity index (χ2v) is 5.91. The molecule has 0 aromatic heterocycles. The highest BCUT2D eigenvalue weighted by Crippen LogP contribution is 2.19. The molecular formula is C13H18BrN. The van der Waals surface area contributed by atoms with Crippen LogP contribution in [0.15, 0.2) is 18.2 Å². The molecule has 0 bridgehead atoms. The number of nitrogens with zero attached hydrogens (tertiary/aromatic N) is 1. The van der Waals surface area contributed by atoms with Gasteiger partial charge in [0.15, 0.2) is 0 Å². The lowest BCUT2D eigenvalue weighted by molar-refractivity contribution is 0.332. The molecular weight excluding hydrogens is 250 g/mol. The topological polar surface area (TPSA) is 3.24 Å². The Morgan fingerprint density at radius 2 is 1.93 bits per heavy atom. The van der Waals surface area contributed by atoms with Crippen LogP contribution in [0.3, 0.4) is 0 Å². The van der Waals surface area contributed by atoms with E-state index in [0.29, 0.717) is 4.83 Å². The van der Waals surface area contributed by atoms with Crippen LogP contribution in [0.5, 0.6) is 0 Å². The molecule has 0 radical (unpaired) electrons. The van der Waals surface area contributed by atoms with Crippen LogP contribution in [-0.4, -0.2) is 22.8 Å². The number of rotatable bonds is 2. The summed E-state index contributed by atoms with van der Waals surface area (Å²) in [4.78, 5) is 3.22. The van der Waals surface area contributed by atoms with Crippen molar-refractivity contribution in [1.29, 1.82) is 0 Å². The molecule has 0 spiro atoms. The van der Waals surface area contributed by atoms with E-state index in [1.807, 2.05) is 0 Å². The smallest absolute Gasteiger partial charge is 0.0285 e. The van der Waals surface area contributed by atoms with Crippen LogP contribution < -0.4 is 0 Å². The maximum Gasteiger partial charge on any atom is 0.0285 e. The van der Waals surface area contributed by atoms with E-state index in [9.17, 15) is 0 Å². The molecule has 0 aliphatic carbocycles. The minimum Gasteiger partial charge on any atom is -0.298 e. The third-order valence-electron chi connectivity index (χ3n) is 2.90. The van der Waals surface area contributed by atoms with Crippen molar-refractivity contribution in [2.24, 2.45) is 0 Å². The van der Waals surface area contributed by atoms with Gasteiger partial charge in [-0.15, -0.1) is 0 Å². The van der Waals surface area contributed by atoms with Gasteiger partial charge in [-0.2, -0.15) is 0 Å². The molecule has 15 heavy (non-hydrogen) atoms. The average molecular weight is 268 g/mol. The number of hydrogen-bond donors (Lipinski definition) is 0. The van der Waals surface area contributed by atoms with Crippen molar-refractivity contribution in [3.63, 3.8) is 0 Å². The summed E-state index contributed by atoms with van der Waals surface area (Å²) in [6.45, 7) is 7.86. The largest absolute Gasteiger partial charge is 0.298 e. The molecule has 82 valence electrons. The highest BCUT2D eigenvalue weighted by molar-refractivity contribution is 9.09. The van der Waals surface area contributed by atoms with Crippen LogP contribution in [0, 0.1) is 13.8 Å². The van der Waals surface area contributed by atoms with E-state index in [0.717, 1.165) is 6.54 Å². The van der Waals surface area contributed by atoms with Gasteiger partial charge in [-0.05, 0) is 32.4 Å². The Kier molecular flexibility index (Phi) is 3.47. The monoisotopic (exact) mass is 267 g/mol. The molecule has 1 unspecified atom stereocenters. The van der Waals surface area contributed by atoms with E-state index in [4.69, 9.17) is 0 Å². The first-order valence-electron chi connectivity index (χ1n) is 5.57. The number of likely N-dealkylation sites (tertiary alicyclic amines) is 1. The first-order valence-corrected chi connectivity index (χ1v) is 6.48. The van der Waals surface area contributed by atoms with E-state index in [1.165, 1.54) is 36.2 Å². The van der Waals surface area contributed by atoms with Gasteiger partial charge in [-0.1, -0.05) is 45.3 Å². The third-order valence-corrected chi connectivity index (χ3v) is 3.65. The fourth-order valence-corrected chi connectivity index (χ4v) is 2.96. The predicted octanol–water partition coefficient (Wildman–Crippen LogP) is 3.27. The number of benzene rings is 1. The average Bonchev–Trinajstić information content (AvgIpc) is 2.49. The zero-order valence-electron chi connectivity index (χ0n) is 9.46. The van der Waals surface area contributed by atoms with Gasteiger partial charge in [0, 0.05) is 17.9 Å². The Hall–Kier alpha value is -0.340. The summed E-state index contributed by atoms with van der Waals surface area (Å²) >= 11 is 3.68.